The van der Waals surface area contributed by atoms with Gasteiger partial charge >= 0.3 is 0 Å². The molecule has 2 heterocycles. The summed E-state index contributed by atoms with van der Waals surface area (Å²) in [4.78, 5) is 15.8. The maximum Gasteiger partial charge on any atom is 0.252 e. The fraction of sp³-hybridized carbons (Fsp3) is 0.435. The van der Waals surface area contributed by atoms with E-state index in [9.17, 15) is 9.18 Å². The van der Waals surface area contributed by atoms with Crippen LogP contribution in [0, 0.1) is 0 Å². The number of nitrogens with two attached hydrogens (primary N) is 1. The number of aromatic amines is 1. The van der Waals surface area contributed by atoms with Crippen LogP contribution in [-0.2, 0) is 11.2 Å². The van der Waals surface area contributed by atoms with Gasteiger partial charge in [-0.05, 0) is 85.1 Å². The van der Waals surface area contributed by atoms with E-state index in [2.05, 4.69) is 10.3 Å². The van der Waals surface area contributed by atoms with Gasteiger partial charge < -0.3 is 20.8 Å². The van der Waals surface area contributed by atoms with E-state index < -0.39 is 0 Å². The summed E-state index contributed by atoms with van der Waals surface area (Å²) in [5.74, 6) is -0.183. The van der Waals surface area contributed by atoms with Crippen LogP contribution in [0.25, 0.3) is 5.70 Å². The Morgan fingerprint density at radius 1 is 1.17 bits per heavy atom. The predicted molar refractivity (Wildman–Crippen MR) is 111 cm³/mol. The summed E-state index contributed by atoms with van der Waals surface area (Å²) in [6.45, 7) is 3.88. The molecule has 1 aromatic rings. The highest BCUT2D eigenvalue weighted by Crippen LogP contribution is 2.45. The molecule has 0 aromatic carbocycles. The van der Waals surface area contributed by atoms with Gasteiger partial charge in [-0.2, -0.15) is 0 Å². The zero-order valence-corrected chi connectivity index (χ0v) is 17.0. The van der Waals surface area contributed by atoms with Crippen LogP contribution in [0.2, 0.25) is 0 Å². The molecule has 0 bridgehead atoms. The smallest absolute Gasteiger partial charge is 0.252 e. The Bertz CT molecular complexity index is 1110. The van der Waals surface area contributed by atoms with Crippen molar-refractivity contribution in [1.29, 1.82) is 0 Å². The molecule has 2 unspecified atom stereocenters. The molecule has 4 N–H and O–H groups in total. The first kappa shape index (κ1) is 18.6. The fourth-order valence-electron chi connectivity index (χ4n) is 5.42. The van der Waals surface area contributed by atoms with Crippen molar-refractivity contribution >= 4 is 5.70 Å². The third-order valence-electron chi connectivity index (χ3n) is 6.93. The molecule has 1 aromatic heterocycles. The Morgan fingerprint density at radius 3 is 2.72 bits per heavy atom. The predicted octanol–water partition coefficient (Wildman–Crippen LogP) is 3.31. The van der Waals surface area contributed by atoms with Crippen molar-refractivity contribution in [1.82, 2.24) is 10.3 Å². The number of allylic oxidation sites excluding steroid dienone is 2. The molecule has 152 valence electrons. The van der Waals surface area contributed by atoms with Crippen LogP contribution in [0.1, 0.15) is 56.0 Å². The molecule has 0 spiro atoms. The van der Waals surface area contributed by atoms with E-state index in [1.54, 1.807) is 13.2 Å². The molecule has 3 aliphatic carbocycles. The second-order valence-electron chi connectivity index (χ2n) is 8.42. The topological polar surface area (TPSA) is 80.1 Å². The van der Waals surface area contributed by atoms with Crippen molar-refractivity contribution in [3.05, 3.63) is 73.0 Å². The lowest BCUT2D eigenvalue weighted by atomic mass is 9.72. The normalized spacial score (nSPS) is 28.3. The number of H-pyrrole nitrogens is 1. The SMILES string of the molecule is COC1CCc2c1cc(C1=C(C)C3=C4C(=C(C)C(F)=CC4N1)CC[C@@H]3N)[nH]c2=O. The van der Waals surface area contributed by atoms with Crippen LogP contribution in [0.5, 0.6) is 0 Å². The summed E-state index contributed by atoms with van der Waals surface area (Å²) < 4.78 is 20.2. The van der Waals surface area contributed by atoms with E-state index in [1.807, 2.05) is 19.9 Å². The van der Waals surface area contributed by atoms with Gasteiger partial charge in [-0.3, -0.25) is 4.79 Å². The molecular weight excluding hydrogens is 369 g/mol. The van der Waals surface area contributed by atoms with Gasteiger partial charge in [0.25, 0.3) is 5.56 Å². The van der Waals surface area contributed by atoms with Crippen molar-refractivity contribution in [2.45, 2.75) is 57.7 Å². The summed E-state index contributed by atoms with van der Waals surface area (Å²) >= 11 is 0. The number of dihydropyridines is 1. The zero-order valence-electron chi connectivity index (χ0n) is 17.0. The molecule has 5 rings (SSSR count). The molecule has 0 radical (unpaired) electrons. The first-order valence-electron chi connectivity index (χ1n) is 10.2. The number of fused-ring (bicyclic) bond motifs is 1. The summed E-state index contributed by atoms with van der Waals surface area (Å²) in [7, 11) is 1.67. The lowest BCUT2D eigenvalue weighted by Gasteiger charge is -2.40. The number of hydrogen-bond donors (Lipinski definition) is 3. The maximum atomic E-state index is 14.6. The molecule has 0 fully saturated rings. The highest BCUT2D eigenvalue weighted by atomic mass is 19.1. The minimum absolute atomic E-state index is 0.0635. The monoisotopic (exact) mass is 395 g/mol. The molecule has 6 heteroatoms. The quantitative estimate of drug-likeness (QED) is 0.718. The zero-order chi connectivity index (χ0) is 20.4. The van der Waals surface area contributed by atoms with Crippen LogP contribution in [0.4, 0.5) is 4.39 Å². The molecule has 5 nitrogen and oxygen atoms in total. The summed E-state index contributed by atoms with van der Waals surface area (Å²) in [5.41, 5.74) is 14.7. The Balaban J connectivity index is 1.71. The Hall–Kier alpha value is -2.44. The van der Waals surface area contributed by atoms with E-state index in [1.165, 1.54) is 0 Å². The van der Waals surface area contributed by atoms with E-state index in [0.717, 1.165) is 64.8 Å². The highest BCUT2D eigenvalue weighted by Gasteiger charge is 2.38. The van der Waals surface area contributed by atoms with Gasteiger partial charge in [0, 0.05) is 18.7 Å². The molecular formula is C23H26FN3O2. The first-order chi connectivity index (χ1) is 13.9. The minimum Gasteiger partial charge on any atom is -0.377 e. The minimum atomic E-state index is -0.274. The summed E-state index contributed by atoms with van der Waals surface area (Å²) in [6.07, 6.45) is 4.68. The van der Waals surface area contributed by atoms with E-state index in [4.69, 9.17) is 10.5 Å². The van der Waals surface area contributed by atoms with Crippen molar-refractivity contribution in [3.8, 4) is 0 Å². The maximum absolute atomic E-state index is 14.6. The van der Waals surface area contributed by atoms with Gasteiger partial charge in [0.15, 0.2) is 0 Å². The molecule has 0 saturated heterocycles. The fourth-order valence-corrected chi connectivity index (χ4v) is 5.42. The Kier molecular flexibility index (Phi) is 4.19. The standard InChI is InChI=1S/C23H26FN3O2/c1-10-12-4-6-16(25)20-11(2)22(26-17(21(12)20)9-15(10)24)18-8-14-13(23(28)27-18)5-7-19(14)29-3/h8-9,16-17,19,26H,4-7,25H2,1-3H3,(H,27,28)/t16-,17?,19?/m0/s1. The third-order valence-corrected chi connectivity index (χ3v) is 6.93. The second-order valence-corrected chi connectivity index (χ2v) is 8.42. The highest BCUT2D eigenvalue weighted by molar-refractivity contribution is 5.77. The lowest BCUT2D eigenvalue weighted by molar-refractivity contribution is 0.105. The number of nitrogens with one attached hydrogen (secondary N) is 2. The largest absolute Gasteiger partial charge is 0.377 e. The average Bonchev–Trinajstić information content (AvgIpc) is 3.12. The number of halogens is 1. The van der Waals surface area contributed by atoms with Crippen molar-refractivity contribution in [2.75, 3.05) is 7.11 Å². The van der Waals surface area contributed by atoms with Gasteiger partial charge in [0.2, 0.25) is 0 Å². The summed E-state index contributed by atoms with van der Waals surface area (Å²) in [5, 5.41) is 3.48. The van der Waals surface area contributed by atoms with E-state index in [-0.39, 0.29) is 29.6 Å². The molecule has 0 amide bonds. The van der Waals surface area contributed by atoms with Gasteiger partial charge in [0.05, 0.1) is 23.5 Å². The molecule has 29 heavy (non-hydrogen) atoms. The lowest BCUT2D eigenvalue weighted by Crippen LogP contribution is -2.42. The van der Waals surface area contributed by atoms with Gasteiger partial charge in [-0.15, -0.1) is 0 Å². The molecule has 0 saturated carbocycles. The number of rotatable bonds is 2. The summed E-state index contributed by atoms with van der Waals surface area (Å²) in [6, 6.07) is 1.64. The number of methoxy groups -OCH3 is 1. The van der Waals surface area contributed by atoms with Gasteiger partial charge in [-0.1, -0.05) is 0 Å². The first-order valence-corrected chi connectivity index (χ1v) is 10.2. The van der Waals surface area contributed by atoms with Crippen molar-refractivity contribution in [2.24, 2.45) is 5.73 Å². The second kappa shape index (κ2) is 6.54. The third kappa shape index (κ3) is 2.62. The van der Waals surface area contributed by atoms with Crippen LogP contribution >= 0.6 is 0 Å². The molecule has 3 atom stereocenters. The van der Waals surface area contributed by atoms with Crippen LogP contribution < -0.4 is 16.6 Å². The van der Waals surface area contributed by atoms with E-state index >= 15 is 0 Å². The Morgan fingerprint density at radius 2 is 1.97 bits per heavy atom. The van der Waals surface area contributed by atoms with E-state index in [0.29, 0.717) is 11.3 Å². The number of pyridine rings is 1. The average molecular weight is 395 g/mol. The van der Waals surface area contributed by atoms with Gasteiger partial charge in [0.1, 0.15) is 5.83 Å². The van der Waals surface area contributed by atoms with Crippen LogP contribution in [0.3, 0.4) is 0 Å². The molecule has 1 aliphatic heterocycles. The Labute approximate surface area is 169 Å². The number of hydrogen-bond acceptors (Lipinski definition) is 4. The number of ether oxygens (including phenoxy) is 1. The number of aromatic nitrogens is 1. The van der Waals surface area contributed by atoms with Crippen LogP contribution in [-0.4, -0.2) is 24.2 Å². The van der Waals surface area contributed by atoms with Crippen molar-refractivity contribution < 1.29 is 9.13 Å². The molecule has 4 aliphatic rings. The van der Waals surface area contributed by atoms with Crippen LogP contribution in [0.15, 0.2) is 50.6 Å². The van der Waals surface area contributed by atoms with Gasteiger partial charge in [-0.25, -0.2) is 4.39 Å². The van der Waals surface area contributed by atoms with Crippen molar-refractivity contribution in [3.63, 3.8) is 0 Å².